The van der Waals surface area contributed by atoms with E-state index in [4.69, 9.17) is 4.74 Å². The Balaban J connectivity index is 2.25. The molecular formula is C13H16N2O4. The monoisotopic (exact) mass is 264 g/mol. The number of anilines is 2. The Hall–Kier alpha value is -2.24. The topological polar surface area (TPSA) is 59.1 Å². The van der Waals surface area contributed by atoms with Crippen molar-refractivity contribution in [2.45, 2.75) is 0 Å². The number of carbonyl (C=O) groups is 2. The second-order valence-corrected chi connectivity index (χ2v) is 4.33. The summed E-state index contributed by atoms with van der Waals surface area (Å²) in [7, 11) is 4.83. The van der Waals surface area contributed by atoms with E-state index in [9.17, 15) is 9.59 Å². The van der Waals surface area contributed by atoms with Crippen molar-refractivity contribution in [2.75, 3.05) is 44.2 Å². The highest BCUT2D eigenvalue weighted by Gasteiger charge is 2.23. The molecule has 0 saturated heterocycles. The lowest BCUT2D eigenvalue weighted by Crippen LogP contribution is -2.35. The molecule has 0 radical (unpaired) electrons. The maximum atomic E-state index is 11.6. The zero-order valence-corrected chi connectivity index (χ0v) is 11.2. The molecular weight excluding hydrogens is 248 g/mol. The van der Waals surface area contributed by atoms with Crippen LogP contribution in [0.3, 0.4) is 0 Å². The molecule has 1 aromatic carbocycles. The fraction of sp³-hybridized carbons (Fsp3) is 0.385. The van der Waals surface area contributed by atoms with E-state index in [2.05, 4.69) is 4.74 Å². The Labute approximate surface area is 111 Å². The Bertz CT molecular complexity index is 515. The molecule has 0 atom stereocenters. The molecule has 0 spiro atoms. The first-order valence-electron chi connectivity index (χ1n) is 5.84. The third-order valence-electron chi connectivity index (χ3n) is 3.06. The van der Waals surface area contributed by atoms with E-state index in [0.29, 0.717) is 11.4 Å². The third kappa shape index (κ3) is 2.62. The van der Waals surface area contributed by atoms with E-state index < -0.39 is 0 Å². The highest BCUT2D eigenvalue weighted by atomic mass is 16.5. The number of hydrogen-bond donors (Lipinski definition) is 0. The summed E-state index contributed by atoms with van der Waals surface area (Å²) in [6.45, 7) is 0.203. The minimum Gasteiger partial charge on any atom is -0.482 e. The standard InChI is InChI=1S/C13H16N2O4/c1-14(7-13(17)18-3)9-4-5-11-10(6-9)15(2)12(16)8-19-11/h4-6H,7-8H2,1-3H3. The number of fused-ring (bicyclic) bond motifs is 1. The van der Waals surface area contributed by atoms with Crippen LogP contribution in [0.2, 0.25) is 0 Å². The van der Waals surface area contributed by atoms with E-state index in [1.165, 1.54) is 7.11 Å². The van der Waals surface area contributed by atoms with Gasteiger partial charge in [0.15, 0.2) is 6.61 Å². The molecule has 19 heavy (non-hydrogen) atoms. The number of likely N-dealkylation sites (N-methyl/N-ethyl adjacent to an activating group) is 2. The first kappa shape index (κ1) is 13.2. The maximum Gasteiger partial charge on any atom is 0.325 e. The Morgan fingerprint density at radius 3 is 2.95 bits per heavy atom. The van der Waals surface area contributed by atoms with Crippen molar-refractivity contribution < 1.29 is 19.1 Å². The van der Waals surface area contributed by atoms with Crippen molar-refractivity contribution in [1.29, 1.82) is 0 Å². The molecule has 1 amide bonds. The van der Waals surface area contributed by atoms with Gasteiger partial charge in [-0.3, -0.25) is 9.59 Å². The summed E-state index contributed by atoms with van der Waals surface area (Å²) in [5.41, 5.74) is 1.51. The molecule has 0 bridgehead atoms. The fourth-order valence-electron chi connectivity index (χ4n) is 1.85. The van der Waals surface area contributed by atoms with E-state index in [1.807, 2.05) is 12.1 Å². The van der Waals surface area contributed by atoms with Crippen LogP contribution in [0.15, 0.2) is 18.2 Å². The third-order valence-corrected chi connectivity index (χ3v) is 3.06. The van der Waals surface area contributed by atoms with Crippen molar-refractivity contribution >= 4 is 23.3 Å². The van der Waals surface area contributed by atoms with Gasteiger partial charge in [0.25, 0.3) is 5.91 Å². The summed E-state index contributed by atoms with van der Waals surface area (Å²) < 4.78 is 9.97. The molecule has 1 aliphatic heterocycles. The summed E-state index contributed by atoms with van der Waals surface area (Å²) in [6, 6.07) is 5.45. The first-order valence-corrected chi connectivity index (χ1v) is 5.84. The van der Waals surface area contributed by atoms with Crippen molar-refractivity contribution in [3.63, 3.8) is 0 Å². The molecule has 2 rings (SSSR count). The maximum absolute atomic E-state index is 11.6. The van der Waals surface area contributed by atoms with Gasteiger partial charge in [-0.05, 0) is 18.2 Å². The molecule has 0 aliphatic carbocycles. The minimum atomic E-state index is -0.319. The molecule has 1 aliphatic rings. The lowest BCUT2D eigenvalue weighted by Gasteiger charge is -2.28. The van der Waals surface area contributed by atoms with E-state index >= 15 is 0 Å². The number of methoxy groups -OCH3 is 1. The van der Waals surface area contributed by atoms with Gasteiger partial charge < -0.3 is 19.3 Å². The van der Waals surface area contributed by atoms with E-state index in [0.717, 1.165) is 5.69 Å². The van der Waals surface area contributed by atoms with Gasteiger partial charge in [-0.1, -0.05) is 0 Å². The van der Waals surface area contributed by atoms with Gasteiger partial charge in [-0.25, -0.2) is 0 Å². The molecule has 0 saturated carbocycles. The molecule has 0 fully saturated rings. The molecule has 0 aromatic heterocycles. The van der Waals surface area contributed by atoms with Gasteiger partial charge in [0.2, 0.25) is 0 Å². The SMILES string of the molecule is COC(=O)CN(C)c1ccc2c(c1)N(C)C(=O)CO2. The minimum absolute atomic E-state index is 0.0564. The predicted octanol–water partition coefficient (Wildman–Crippen LogP) is 0.651. The second-order valence-electron chi connectivity index (χ2n) is 4.33. The first-order chi connectivity index (χ1) is 9.02. The normalized spacial score (nSPS) is 13.6. The molecule has 6 heteroatoms. The summed E-state index contributed by atoms with van der Waals surface area (Å²) >= 11 is 0. The van der Waals surface area contributed by atoms with E-state index in [-0.39, 0.29) is 25.0 Å². The van der Waals surface area contributed by atoms with Crippen LogP contribution in [-0.2, 0) is 14.3 Å². The number of carbonyl (C=O) groups excluding carboxylic acids is 2. The second kappa shape index (κ2) is 5.17. The van der Waals surface area contributed by atoms with Crippen molar-refractivity contribution in [3.05, 3.63) is 18.2 Å². The van der Waals surface area contributed by atoms with Gasteiger partial charge in [0.1, 0.15) is 12.3 Å². The van der Waals surface area contributed by atoms with Crippen LogP contribution in [0.1, 0.15) is 0 Å². The highest BCUT2D eigenvalue weighted by Crippen LogP contribution is 2.34. The van der Waals surface area contributed by atoms with Crippen LogP contribution in [-0.4, -0.2) is 46.2 Å². The van der Waals surface area contributed by atoms with Gasteiger partial charge in [-0.2, -0.15) is 0 Å². The van der Waals surface area contributed by atoms with E-state index in [1.54, 1.807) is 30.0 Å². The zero-order valence-electron chi connectivity index (χ0n) is 11.2. The smallest absolute Gasteiger partial charge is 0.325 e. The molecule has 6 nitrogen and oxygen atoms in total. The number of benzene rings is 1. The van der Waals surface area contributed by atoms with Crippen LogP contribution in [0.4, 0.5) is 11.4 Å². The quantitative estimate of drug-likeness (QED) is 0.750. The van der Waals surface area contributed by atoms with Crippen LogP contribution in [0, 0.1) is 0 Å². The number of amides is 1. The largest absolute Gasteiger partial charge is 0.482 e. The Morgan fingerprint density at radius 2 is 2.26 bits per heavy atom. The van der Waals surface area contributed by atoms with Gasteiger partial charge in [-0.15, -0.1) is 0 Å². The van der Waals surface area contributed by atoms with Gasteiger partial charge >= 0.3 is 5.97 Å². The summed E-state index contributed by atoms with van der Waals surface area (Å²) in [4.78, 5) is 26.1. The Kier molecular flexibility index (Phi) is 3.59. The molecule has 102 valence electrons. The highest BCUT2D eigenvalue weighted by molar-refractivity contribution is 5.98. The number of nitrogens with zero attached hydrogens (tertiary/aromatic N) is 2. The van der Waals surface area contributed by atoms with Gasteiger partial charge in [0, 0.05) is 19.8 Å². The number of ether oxygens (including phenoxy) is 2. The van der Waals surface area contributed by atoms with Crippen molar-refractivity contribution in [1.82, 2.24) is 0 Å². The fourth-order valence-corrected chi connectivity index (χ4v) is 1.85. The molecule has 1 aromatic rings. The molecule has 0 unspecified atom stereocenters. The average Bonchev–Trinajstić information content (AvgIpc) is 2.42. The van der Waals surface area contributed by atoms with Crippen LogP contribution >= 0.6 is 0 Å². The summed E-state index contributed by atoms with van der Waals surface area (Å²) in [5, 5.41) is 0. The average molecular weight is 264 g/mol. The number of hydrogen-bond acceptors (Lipinski definition) is 5. The lowest BCUT2D eigenvalue weighted by molar-refractivity contribution is -0.138. The van der Waals surface area contributed by atoms with Crippen LogP contribution in [0.5, 0.6) is 5.75 Å². The summed E-state index contributed by atoms with van der Waals surface area (Å²) in [5.74, 6) is 0.249. The van der Waals surface area contributed by atoms with Gasteiger partial charge in [0.05, 0.1) is 12.8 Å². The van der Waals surface area contributed by atoms with Crippen LogP contribution < -0.4 is 14.5 Å². The zero-order chi connectivity index (χ0) is 14.0. The summed E-state index contributed by atoms with van der Waals surface area (Å²) in [6.07, 6.45) is 0. The number of rotatable bonds is 3. The molecule has 1 heterocycles. The lowest BCUT2D eigenvalue weighted by atomic mass is 10.2. The number of esters is 1. The predicted molar refractivity (Wildman–Crippen MR) is 70.6 cm³/mol. The molecule has 0 N–H and O–H groups in total. The van der Waals surface area contributed by atoms with Crippen LogP contribution in [0.25, 0.3) is 0 Å². The van der Waals surface area contributed by atoms with Crippen molar-refractivity contribution in [3.8, 4) is 5.75 Å². The Morgan fingerprint density at radius 1 is 1.53 bits per heavy atom. The van der Waals surface area contributed by atoms with Crippen molar-refractivity contribution in [2.24, 2.45) is 0 Å².